The molecule has 0 spiro atoms. The predicted molar refractivity (Wildman–Crippen MR) is 39.5 cm³/mol. The first-order chi connectivity index (χ1) is 5.45. The van der Waals surface area contributed by atoms with Crippen molar-refractivity contribution in [2.75, 3.05) is 26.4 Å². The van der Waals surface area contributed by atoms with Crippen molar-refractivity contribution in [3.05, 3.63) is 0 Å². The molecule has 0 aliphatic carbocycles. The Kier molecular flexibility index (Phi) is 2.41. The zero-order valence-corrected chi connectivity index (χ0v) is 6.62. The van der Waals surface area contributed by atoms with Crippen LogP contribution in [0.15, 0.2) is 0 Å². The van der Waals surface area contributed by atoms with Crippen molar-refractivity contribution in [3.63, 3.8) is 0 Å². The molecule has 0 aromatic heterocycles. The topological polar surface area (TPSA) is 31.0 Å². The first-order valence-electron chi connectivity index (χ1n) is 4.26. The summed E-state index contributed by atoms with van der Waals surface area (Å²) in [5.41, 5.74) is 0. The van der Waals surface area contributed by atoms with Crippen LogP contribution >= 0.6 is 0 Å². The Hall–Kier alpha value is -0.120. The average molecular weight is 158 g/mol. The lowest BCUT2D eigenvalue weighted by atomic mass is 10.2. The van der Waals surface area contributed by atoms with Crippen LogP contribution in [0.4, 0.5) is 0 Å². The van der Waals surface area contributed by atoms with E-state index in [1.807, 2.05) is 0 Å². The van der Waals surface area contributed by atoms with E-state index in [4.69, 9.17) is 14.2 Å². The minimum Gasteiger partial charge on any atom is -0.376 e. The third-order valence-electron chi connectivity index (χ3n) is 2.03. The summed E-state index contributed by atoms with van der Waals surface area (Å²) in [7, 11) is 0. The number of hydrogen-bond acceptors (Lipinski definition) is 3. The van der Waals surface area contributed by atoms with Crippen molar-refractivity contribution in [3.8, 4) is 0 Å². The summed E-state index contributed by atoms with van der Waals surface area (Å²) in [6, 6.07) is 0. The Morgan fingerprint density at radius 1 is 1.18 bits per heavy atom. The van der Waals surface area contributed by atoms with Gasteiger partial charge in [-0.05, 0) is 12.8 Å². The van der Waals surface area contributed by atoms with Crippen LogP contribution in [0.1, 0.15) is 12.8 Å². The Labute approximate surface area is 66.6 Å². The molecule has 0 unspecified atom stereocenters. The molecular weight excluding hydrogens is 144 g/mol. The van der Waals surface area contributed by atoms with Gasteiger partial charge in [-0.1, -0.05) is 0 Å². The first-order valence-corrected chi connectivity index (χ1v) is 4.26. The molecule has 0 saturated carbocycles. The summed E-state index contributed by atoms with van der Waals surface area (Å²) in [5.74, 6) is 0. The molecular formula is C8H14O3. The molecule has 64 valence electrons. The SMILES string of the molecule is C1CO[C@@H](COC[C@H]2CO2)C1. The van der Waals surface area contributed by atoms with E-state index in [9.17, 15) is 0 Å². The zero-order chi connectivity index (χ0) is 7.52. The molecule has 2 aliphatic heterocycles. The lowest BCUT2D eigenvalue weighted by molar-refractivity contribution is 0.0126. The van der Waals surface area contributed by atoms with Crippen molar-refractivity contribution < 1.29 is 14.2 Å². The van der Waals surface area contributed by atoms with E-state index in [1.54, 1.807) is 0 Å². The molecule has 2 aliphatic rings. The Balaban J connectivity index is 1.51. The zero-order valence-electron chi connectivity index (χ0n) is 6.62. The fourth-order valence-electron chi connectivity index (χ4n) is 1.27. The van der Waals surface area contributed by atoms with Crippen molar-refractivity contribution in [1.29, 1.82) is 0 Å². The van der Waals surface area contributed by atoms with Gasteiger partial charge in [-0.2, -0.15) is 0 Å². The fourth-order valence-corrected chi connectivity index (χ4v) is 1.27. The third-order valence-corrected chi connectivity index (χ3v) is 2.03. The molecule has 0 bridgehead atoms. The first kappa shape index (κ1) is 7.53. The summed E-state index contributed by atoms with van der Waals surface area (Å²) < 4.78 is 15.8. The van der Waals surface area contributed by atoms with E-state index in [-0.39, 0.29) is 0 Å². The Morgan fingerprint density at radius 2 is 2.00 bits per heavy atom. The van der Waals surface area contributed by atoms with Crippen molar-refractivity contribution >= 4 is 0 Å². The molecule has 11 heavy (non-hydrogen) atoms. The summed E-state index contributed by atoms with van der Waals surface area (Å²) in [5, 5.41) is 0. The van der Waals surface area contributed by atoms with Gasteiger partial charge in [-0.15, -0.1) is 0 Å². The maximum absolute atomic E-state index is 5.39. The maximum Gasteiger partial charge on any atom is 0.104 e. The van der Waals surface area contributed by atoms with Crippen LogP contribution in [0.5, 0.6) is 0 Å². The smallest absolute Gasteiger partial charge is 0.104 e. The second kappa shape index (κ2) is 3.52. The lowest BCUT2D eigenvalue weighted by Gasteiger charge is -2.08. The highest BCUT2D eigenvalue weighted by Gasteiger charge is 2.23. The van der Waals surface area contributed by atoms with E-state index in [0.29, 0.717) is 12.2 Å². The lowest BCUT2D eigenvalue weighted by Crippen LogP contribution is -2.16. The van der Waals surface area contributed by atoms with Gasteiger partial charge in [0.15, 0.2) is 0 Å². The van der Waals surface area contributed by atoms with Gasteiger partial charge >= 0.3 is 0 Å². The molecule has 2 saturated heterocycles. The van der Waals surface area contributed by atoms with Gasteiger partial charge in [0, 0.05) is 6.61 Å². The van der Waals surface area contributed by atoms with E-state index >= 15 is 0 Å². The highest BCUT2D eigenvalue weighted by molar-refractivity contribution is 4.69. The van der Waals surface area contributed by atoms with E-state index < -0.39 is 0 Å². The standard InChI is InChI=1S/C8H14O3/c1-2-7(10-3-1)4-9-5-8-6-11-8/h7-8H,1-6H2/t7-,8+/m1/s1. The summed E-state index contributed by atoms with van der Waals surface area (Å²) in [6.45, 7) is 3.29. The van der Waals surface area contributed by atoms with Crippen LogP contribution in [0, 0.1) is 0 Å². The molecule has 3 heteroatoms. The average Bonchev–Trinajstić information content (AvgIpc) is 2.66. The quantitative estimate of drug-likeness (QED) is 0.561. The highest BCUT2D eigenvalue weighted by atomic mass is 16.6. The molecule has 2 fully saturated rings. The largest absolute Gasteiger partial charge is 0.376 e. The second-order valence-corrected chi connectivity index (χ2v) is 3.13. The van der Waals surface area contributed by atoms with Crippen LogP contribution < -0.4 is 0 Å². The third kappa shape index (κ3) is 2.43. The monoisotopic (exact) mass is 158 g/mol. The molecule has 2 rings (SSSR count). The Morgan fingerprint density at radius 3 is 2.64 bits per heavy atom. The van der Waals surface area contributed by atoms with Gasteiger partial charge in [0.1, 0.15) is 6.10 Å². The van der Waals surface area contributed by atoms with Gasteiger partial charge in [0.25, 0.3) is 0 Å². The van der Waals surface area contributed by atoms with Crippen molar-refractivity contribution in [2.24, 2.45) is 0 Å². The van der Waals surface area contributed by atoms with E-state index in [2.05, 4.69) is 0 Å². The van der Waals surface area contributed by atoms with Gasteiger partial charge in [0.2, 0.25) is 0 Å². The van der Waals surface area contributed by atoms with Crippen LogP contribution in [0.25, 0.3) is 0 Å². The maximum atomic E-state index is 5.39. The summed E-state index contributed by atoms with van der Waals surface area (Å²) in [6.07, 6.45) is 3.09. The van der Waals surface area contributed by atoms with Gasteiger partial charge in [-0.25, -0.2) is 0 Å². The van der Waals surface area contributed by atoms with Crippen LogP contribution in [-0.4, -0.2) is 38.6 Å². The van der Waals surface area contributed by atoms with Crippen LogP contribution in [0.2, 0.25) is 0 Å². The molecule has 2 atom stereocenters. The van der Waals surface area contributed by atoms with Crippen LogP contribution in [-0.2, 0) is 14.2 Å². The number of hydrogen-bond donors (Lipinski definition) is 0. The molecule has 3 nitrogen and oxygen atoms in total. The Bertz CT molecular complexity index is 117. The number of rotatable bonds is 4. The summed E-state index contributed by atoms with van der Waals surface area (Å²) in [4.78, 5) is 0. The molecule has 0 amide bonds. The molecule has 0 radical (unpaired) electrons. The predicted octanol–water partition coefficient (Wildman–Crippen LogP) is 0.581. The number of ether oxygens (including phenoxy) is 3. The molecule has 0 aromatic rings. The van der Waals surface area contributed by atoms with Crippen molar-refractivity contribution in [2.45, 2.75) is 25.0 Å². The van der Waals surface area contributed by atoms with E-state index in [0.717, 1.165) is 32.8 Å². The molecule has 2 heterocycles. The summed E-state index contributed by atoms with van der Waals surface area (Å²) >= 11 is 0. The second-order valence-electron chi connectivity index (χ2n) is 3.13. The normalized spacial score (nSPS) is 36.0. The molecule has 0 N–H and O–H groups in total. The van der Waals surface area contributed by atoms with E-state index in [1.165, 1.54) is 6.42 Å². The van der Waals surface area contributed by atoms with Crippen molar-refractivity contribution in [1.82, 2.24) is 0 Å². The number of epoxide rings is 1. The minimum atomic E-state index is 0.355. The minimum absolute atomic E-state index is 0.355. The fraction of sp³-hybridized carbons (Fsp3) is 1.00. The van der Waals surface area contributed by atoms with Crippen LogP contribution in [0.3, 0.4) is 0 Å². The van der Waals surface area contributed by atoms with Gasteiger partial charge < -0.3 is 14.2 Å². The van der Waals surface area contributed by atoms with Gasteiger partial charge in [0.05, 0.1) is 25.9 Å². The highest BCUT2D eigenvalue weighted by Crippen LogP contribution is 2.13. The van der Waals surface area contributed by atoms with Gasteiger partial charge in [-0.3, -0.25) is 0 Å². The molecule has 0 aromatic carbocycles.